The number of benzene rings is 1. The van der Waals surface area contributed by atoms with Crippen molar-refractivity contribution in [1.29, 1.82) is 0 Å². The molecular formula is C16H18N4O3S. The molecule has 126 valence electrons. The monoisotopic (exact) mass is 346 g/mol. The van der Waals surface area contributed by atoms with Gasteiger partial charge in [0.2, 0.25) is 5.03 Å². The van der Waals surface area contributed by atoms with Crippen LogP contribution in [0.2, 0.25) is 0 Å². The predicted molar refractivity (Wildman–Crippen MR) is 88.8 cm³/mol. The summed E-state index contributed by atoms with van der Waals surface area (Å²) in [6.45, 7) is 1.88. The van der Waals surface area contributed by atoms with E-state index in [9.17, 15) is 8.42 Å². The number of nitrogens with one attached hydrogen (secondary N) is 1. The predicted octanol–water partition coefficient (Wildman–Crippen LogP) is 1.90. The van der Waals surface area contributed by atoms with Crippen molar-refractivity contribution >= 4 is 10.0 Å². The Morgan fingerprint density at radius 3 is 2.67 bits per heavy atom. The highest BCUT2D eigenvalue weighted by atomic mass is 32.2. The molecule has 0 aliphatic heterocycles. The lowest BCUT2D eigenvalue weighted by atomic mass is 10.2. The van der Waals surface area contributed by atoms with Crippen LogP contribution in [0, 0.1) is 6.92 Å². The molecule has 0 aliphatic rings. The third-order valence-corrected chi connectivity index (χ3v) is 4.83. The fourth-order valence-corrected chi connectivity index (χ4v) is 3.52. The minimum Gasteiger partial charge on any atom is -0.440 e. The fourth-order valence-electron chi connectivity index (χ4n) is 2.36. The van der Waals surface area contributed by atoms with Crippen LogP contribution in [0.3, 0.4) is 0 Å². The van der Waals surface area contributed by atoms with Crippen LogP contribution in [0.1, 0.15) is 11.5 Å². The van der Waals surface area contributed by atoms with E-state index < -0.39 is 10.0 Å². The molecule has 3 aromatic rings. The van der Waals surface area contributed by atoms with Crippen molar-refractivity contribution in [2.45, 2.75) is 18.4 Å². The van der Waals surface area contributed by atoms with Gasteiger partial charge in [-0.1, -0.05) is 30.3 Å². The number of hydrogen-bond acceptors (Lipinski definition) is 5. The molecule has 2 heterocycles. The first-order valence-corrected chi connectivity index (χ1v) is 8.94. The molecule has 0 saturated heterocycles. The van der Waals surface area contributed by atoms with E-state index in [4.69, 9.17) is 4.42 Å². The summed E-state index contributed by atoms with van der Waals surface area (Å²) in [4.78, 5) is 4.05. The van der Waals surface area contributed by atoms with Gasteiger partial charge in [-0.15, -0.1) is 0 Å². The first-order valence-electron chi connectivity index (χ1n) is 7.46. The zero-order chi connectivity index (χ0) is 17.2. The van der Waals surface area contributed by atoms with E-state index in [1.807, 2.05) is 31.4 Å². The van der Waals surface area contributed by atoms with E-state index in [0.29, 0.717) is 17.9 Å². The quantitative estimate of drug-likeness (QED) is 0.736. The van der Waals surface area contributed by atoms with Crippen molar-refractivity contribution < 1.29 is 12.8 Å². The molecule has 0 saturated carbocycles. The topological polar surface area (TPSA) is 90.0 Å². The minimum absolute atomic E-state index is 0.0858. The Morgan fingerprint density at radius 2 is 2.00 bits per heavy atom. The number of sulfonamides is 1. The average molecular weight is 346 g/mol. The molecule has 0 aliphatic carbocycles. The van der Waals surface area contributed by atoms with E-state index in [-0.39, 0.29) is 17.3 Å². The Balaban J connectivity index is 1.80. The Hall–Kier alpha value is -2.45. The summed E-state index contributed by atoms with van der Waals surface area (Å²) >= 11 is 0. The summed E-state index contributed by atoms with van der Waals surface area (Å²) in [5.74, 6) is 0.559. The SMILES string of the molecule is Cc1nc(S(=O)(=O)NCCc2cnn(C)c2)c(-c2ccccc2)o1. The van der Waals surface area contributed by atoms with Crippen LogP contribution < -0.4 is 4.72 Å². The summed E-state index contributed by atoms with van der Waals surface area (Å²) in [5.41, 5.74) is 1.63. The molecule has 0 atom stereocenters. The second kappa shape index (κ2) is 6.58. The molecule has 1 N–H and O–H groups in total. The highest BCUT2D eigenvalue weighted by molar-refractivity contribution is 7.89. The molecule has 3 rings (SSSR count). The van der Waals surface area contributed by atoms with Gasteiger partial charge in [-0.2, -0.15) is 5.10 Å². The summed E-state index contributed by atoms with van der Waals surface area (Å²) in [6.07, 6.45) is 4.11. The summed E-state index contributed by atoms with van der Waals surface area (Å²) < 4.78 is 34.9. The second-order valence-electron chi connectivity index (χ2n) is 5.40. The van der Waals surface area contributed by atoms with E-state index in [0.717, 1.165) is 5.56 Å². The highest BCUT2D eigenvalue weighted by Gasteiger charge is 2.25. The normalized spacial score (nSPS) is 11.8. The maximum atomic E-state index is 12.6. The van der Waals surface area contributed by atoms with Crippen LogP contribution in [-0.4, -0.2) is 29.7 Å². The molecule has 0 unspecified atom stereocenters. The van der Waals surface area contributed by atoms with E-state index in [1.54, 1.807) is 29.9 Å². The van der Waals surface area contributed by atoms with Crippen LogP contribution in [0.4, 0.5) is 0 Å². The van der Waals surface area contributed by atoms with Crippen molar-refractivity contribution in [3.63, 3.8) is 0 Å². The number of aromatic nitrogens is 3. The van der Waals surface area contributed by atoms with E-state index >= 15 is 0 Å². The van der Waals surface area contributed by atoms with Crippen molar-refractivity contribution in [2.75, 3.05) is 6.54 Å². The highest BCUT2D eigenvalue weighted by Crippen LogP contribution is 2.27. The third-order valence-electron chi connectivity index (χ3n) is 3.46. The smallest absolute Gasteiger partial charge is 0.262 e. The van der Waals surface area contributed by atoms with Gasteiger partial charge in [0, 0.05) is 32.3 Å². The molecule has 0 spiro atoms. The molecule has 8 heteroatoms. The standard InChI is InChI=1S/C16H18N4O3S/c1-12-19-16(15(23-12)14-6-4-3-5-7-14)24(21,22)18-9-8-13-10-17-20(2)11-13/h3-7,10-11,18H,8-9H2,1-2H3. The molecule has 1 aromatic carbocycles. The number of aryl methyl sites for hydroxylation is 2. The Kier molecular flexibility index (Phi) is 4.50. The maximum absolute atomic E-state index is 12.6. The van der Waals surface area contributed by atoms with Crippen LogP contribution in [0.25, 0.3) is 11.3 Å². The maximum Gasteiger partial charge on any atom is 0.262 e. The summed E-state index contributed by atoms with van der Waals surface area (Å²) in [7, 11) is -1.95. The van der Waals surface area contributed by atoms with Gasteiger partial charge in [-0.25, -0.2) is 18.1 Å². The van der Waals surface area contributed by atoms with Gasteiger partial charge in [-0.05, 0) is 12.0 Å². The zero-order valence-electron chi connectivity index (χ0n) is 13.4. The van der Waals surface area contributed by atoms with E-state index in [1.165, 1.54) is 0 Å². The fraction of sp³-hybridized carbons (Fsp3) is 0.250. The molecule has 24 heavy (non-hydrogen) atoms. The molecular weight excluding hydrogens is 328 g/mol. The molecule has 2 aromatic heterocycles. The first-order chi connectivity index (χ1) is 11.5. The number of oxazole rings is 1. The van der Waals surface area contributed by atoms with Crippen LogP contribution in [0.5, 0.6) is 0 Å². The van der Waals surface area contributed by atoms with Crippen LogP contribution >= 0.6 is 0 Å². The van der Waals surface area contributed by atoms with E-state index in [2.05, 4.69) is 14.8 Å². The minimum atomic E-state index is -3.76. The Labute approximate surface area is 140 Å². The van der Waals surface area contributed by atoms with Gasteiger partial charge in [0.1, 0.15) is 0 Å². The molecule has 0 amide bonds. The van der Waals surface area contributed by atoms with Gasteiger partial charge in [0.05, 0.1) is 6.20 Å². The van der Waals surface area contributed by atoms with Crippen LogP contribution in [-0.2, 0) is 23.5 Å². The molecule has 7 nitrogen and oxygen atoms in total. The van der Waals surface area contributed by atoms with Crippen molar-refractivity contribution in [3.05, 3.63) is 54.2 Å². The largest absolute Gasteiger partial charge is 0.440 e. The Morgan fingerprint density at radius 1 is 1.25 bits per heavy atom. The lowest BCUT2D eigenvalue weighted by molar-refractivity contribution is 0.532. The van der Waals surface area contributed by atoms with Gasteiger partial charge in [0.25, 0.3) is 10.0 Å². The third kappa shape index (κ3) is 3.55. The lowest BCUT2D eigenvalue weighted by Crippen LogP contribution is -2.26. The summed E-state index contributed by atoms with van der Waals surface area (Å²) in [6, 6.07) is 9.06. The van der Waals surface area contributed by atoms with Crippen LogP contribution in [0.15, 0.2) is 52.2 Å². The Bertz CT molecular complexity index is 929. The number of hydrogen-bond donors (Lipinski definition) is 1. The average Bonchev–Trinajstić information content (AvgIpc) is 3.14. The lowest BCUT2D eigenvalue weighted by Gasteiger charge is -2.05. The second-order valence-corrected chi connectivity index (χ2v) is 7.09. The van der Waals surface area contributed by atoms with Crippen molar-refractivity contribution in [2.24, 2.45) is 7.05 Å². The van der Waals surface area contributed by atoms with Crippen molar-refractivity contribution in [3.8, 4) is 11.3 Å². The molecule has 0 bridgehead atoms. The number of rotatable bonds is 6. The first kappa shape index (κ1) is 16.4. The summed E-state index contributed by atoms with van der Waals surface area (Å²) in [5, 5.41) is 3.97. The van der Waals surface area contributed by atoms with Gasteiger partial charge >= 0.3 is 0 Å². The van der Waals surface area contributed by atoms with Gasteiger partial charge < -0.3 is 4.42 Å². The van der Waals surface area contributed by atoms with Crippen molar-refractivity contribution in [1.82, 2.24) is 19.5 Å². The number of nitrogens with zero attached hydrogens (tertiary/aromatic N) is 3. The van der Waals surface area contributed by atoms with Gasteiger partial charge in [-0.3, -0.25) is 4.68 Å². The molecule has 0 radical (unpaired) electrons. The zero-order valence-corrected chi connectivity index (χ0v) is 14.2. The van der Waals surface area contributed by atoms with Gasteiger partial charge in [0.15, 0.2) is 11.7 Å². The molecule has 0 fully saturated rings.